The molecule has 3 rings (SSSR count). The summed E-state index contributed by atoms with van der Waals surface area (Å²) in [6.07, 6.45) is 2.27. The van der Waals surface area contributed by atoms with Crippen molar-refractivity contribution in [2.45, 2.75) is 18.3 Å². The van der Waals surface area contributed by atoms with Crippen molar-refractivity contribution < 1.29 is 9.53 Å². The predicted octanol–water partition coefficient (Wildman–Crippen LogP) is 2.96. The van der Waals surface area contributed by atoms with E-state index in [1.165, 1.54) is 5.56 Å². The second-order valence-corrected chi connectivity index (χ2v) is 5.98. The van der Waals surface area contributed by atoms with Crippen LogP contribution in [0.3, 0.4) is 0 Å². The maximum atomic E-state index is 12.1. The first-order valence-electron chi connectivity index (χ1n) is 7.93. The summed E-state index contributed by atoms with van der Waals surface area (Å²) in [6, 6.07) is 18.0. The lowest BCUT2D eigenvalue weighted by molar-refractivity contribution is -0.119. The van der Waals surface area contributed by atoms with Crippen LogP contribution in [0.4, 0.5) is 5.69 Å². The van der Waals surface area contributed by atoms with Crippen molar-refractivity contribution in [1.82, 2.24) is 5.32 Å². The van der Waals surface area contributed by atoms with Gasteiger partial charge in [-0.1, -0.05) is 42.5 Å². The van der Waals surface area contributed by atoms with Crippen LogP contribution in [0.25, 0.3) is 0 Å². The molecule has 0 saturated heterocycles. The summed E-state index contributed by atoms with van der Waals surface area (Å²) in [4.78, 5) is 12.1. The van der Waals surface area contributed by atoms with Crippen LogP contribution in [0.5, 0.6) is 5.75 Å². The van der Waals surface area contributed by atoms with Gasteiger partial charge in [0.1, 0.15) is 5.75 Å². The van der Waals surface area contributed by atoms with Crippen molar-refractivity contribution in [1.29, 1.82) is 0 Å². The third kappa shape index (κ3) is 3.65. The topological polar surface area (TPSA) is 50.4 Å². The molecule has 1 fully saturated rings. The van der Waals surface area contributed by atoms with Gasteiger partial charge in [-0.25, -0.2) is 0 Å². The Balaban J connectivity index is 1.51. The molecule has 1 aliphatic rings. The fourth-order valence-corrected chi connectivity index (χ4v) is 2.81. The third-order valence-electron chi connectivity index (χ3n) is 4.41. The molecule has 2 N–H and O–H groups in total. The highest BCUT2D eigenvalue weighted by Gasteiger charge is 2.44. The number of para-hydroxylation sites is 2. The van der Waals surface area contributed by atoms with Crippen LogP contribution in [-0.2, 0) is 10.2 Å². The van der Waals surface area contributed by atoms with Crippen LogP contribution in [0.2, 0.25) is 0 Å². The number of nitrogens with one attached hydrogen (secondary N) is 2. The van der Waals surface area contributed by atoms with Crippen molar-refractivity contribution in [2.24, 2.45) is 0 Å². The van der Waals surface area contributed by atoms with E-state index < -0.39 is 0 Å². The van der Waals surface area contributed by atoms with E-state index in [0.717, 1.165) is 24.3 Å². The number of hydrogen-bond donors (Lipinski definition) is 2. The van der Waals surface area contributed by atoms with E-state index in [9.17, 15) is 4.79 Å². The van der Waals surface area contributed by atoms with E-state index in [4.69, 9.17) is 4.74 Å². The number of methoxy groups -OCH3 is 1. The number of anilines is 1. The molecule has 0 spiro atoms. The van der Waals surface area contributed by atoms with E-state index in [1.54, 1.807) is 7.11 Å². The highest BCUT2D eigenvalue weighted by molar-refractivity contribution is 5.81. The first kappa shape index (κ1) is 15.4. The van der Waals surface area contributed by atoms with Crippen LogP contribution < -0.4 is 15.4 Å². The fourth-order valence-electron chi connectivity index (χ4n) is 2.81. The van der Waals surface area contributed by atoms with E-state index in [2.05, 4.69) is 34.9 Å². The van der Waals surface area contributed by atoms with Gasteiger partial charge in [0, 0.05) is 12.0 Å². The molecular formula is C19H22N2O2. The van der Waals surface area contributed by atoms with Crippen LogP contribution in [0.1, 0.15) is 18.4 Å². The predicted molar refractivity (Wildman–Crippen MR) is 91.8 cm³/mol. The number of carbonyl (C=O) groups is 1. The fraction of sp³-hybridized carbons (Fsp3) is 0.316. The highest BCUT2D eigenvalue weighted by atomic mass is 16.5. The lowest BCUT2D eigenvalue weighted by Crippen LogP contribution is -2.36. The molecule has 1 saturated carbocycles. The monoisotopic (exact) mass is 310 g/mol. The molecule has 23 heavy (non-hydrogen) atoms. The normalized spacial score (nSPS) is 14.8. The van der Waals surface area contributed by atoms with Gasteiger partial charge in [-0.3, -0.25) is 4.79 Å². The van der Waals surface area contributed by atoms with Gasteiger partial charge in [-0.15, -0.1) is 0 Å². The smallest absolute Gasteiger partial charge is 0.239 e. The maximum Gasteiger partial charge on any atom is 0.239 e. The molecule has 0 heterocycles. The lowest BCUT2D eigenvalue weighted by atomic mass is 9.96. The van der Waals surface area contributed by atoms with Gasteiger partial charge in [-0.05, 0) is 30.5 Å². The van der Waals surface area contributed by atoms with E-state index >= 15 is 0 Å². The molecule has 0 radical (unpaired) electrons. The number of benzene rings is 2. The van der Waals surface area contributed by atoms with Gasteiger partial charge in [-0.2, -0.15) is 0 Å². The van der Waals surface area contributed by atoms with Gasteiger partial charge in [0.2, 0.25) is 5.91 Å². The van der Waals surface area contributed by atoms with Gasteiger partial charge in [0.05, 0.1) is 19.3 Å². The average molecular weight is 310 g/mol. The van der Waals surface area contributed by atoms with Gasteiger partial charge in [0.25, 0.3) is 0 Å². The molecule has 0 aliphatic heterocycles. The molecule has 0 bridgehead atoms. The Kier molecular flexibility index (Phi) is 4.51. The van der Waals surface area contributed by atoms with E-state index in [1.807, 2.05) is 30.3 Å². The molecule has 4 nitrogen and oxygen atoms in total. The summed E-state index contributed by atoms with van der Waals surface area (Å²) in [7, 11) is 1.62. The molecule has 0 aromatic heterocycles. The summed E-state index contributed by atoms with van der Waals surface area (Å²) < 4.78 is 5.27. The summed E-state index contributed by atoms with van der Waals surface area (Å²) in [5.41, 5.74) is 2.29. The Labute approximate surface area is 136 Å². The van der Waals surface area contributed by atoms with Gasteiger partial charge < -0.3 is 15.4 Å². The zero-order chi connectivity index (χ0) is 16.1. The zero-order valence-electron chi connectivity index (χ0n) is 13.3. The Morgan fingerprint density at radius 1 is 1.09 bits per heavy atom. The number of hydrogen-bond acceptors (Lipinski definition) is 3. The van der Waals surface area contributed by atoms with Crippen molar-refractivity contribution >= 4 is 11.6 Å². The number of rotatable bonds is 7. The Morgan fingerprint density at radius 3 is 2.48 bits per heavy atom. The average Bonchev–Trinajstić information content (AvgIpc) is 3.40. The van der Waals surface area contributed by atoms with Gasteiger partial charge in [0.15, 0.2) is 0 Å². The summed E-state index contributed by atoms with van der Waals surface area (Å²) in [5, 5.41) is 6.17. The molecule has 2 aromatic carbocycles. The standard InChI is InChI=1S/C19H22N2O2/c1-23-17-10-6-5-9-16(17)20-13-18(22)21-14-19(11-12-19)15-7-3-2-4-8-15/h2-10,20H,11-14H2,1H3,(H,21,22). The summed E-state index contributed by atoms with van der Waals surface area (Å²) >= 11 is 0. The van der Waals surface area contributed by atoms with Gasteiger partial charge >= 0.3 is 0 Å². The van der Waals surface area contributed by atoms with Crippen molar-refractivity contribution in [2.75, 3.05) is 25.5 Å². The third-order valence-corrected chi connectivity index (χ3v) is 4.41. The van der Waals surface area contributed by atoms with Crippen LogP contribution in [0.15, 0.2) is 54.6 Å². The quantitative estimate of drug-likeness (QED) is 0.826. The zero-order valence-corrected chi connectivity index (χ0v) is 13.3. The minimum Gasteiger partial charge on any atom is -0.495 e. The molecule has 4 heteroatoms. The molecule has 0 atom stereocenters. The van der Waals surface area contributed by atoms with Crippen molar-refractivity contribution in [3.05, 3.63) is 60.2 Å². The van der Waals surface area contributed by atoms with E-state index in [0.29, 0.717) is 6.54 Å². The highest BCUT2D eigenvalue weighted by Crippen LogP contribution is 2.47. The second kappa shape index (κ2) is 6.73. The minimum absolute atomic E-state index is 0.00175. The van der Waals surface area contributed by atoms with Crippen molar-refractivity contribution in [3.8, 4) is 5.75 Å². The molecule has 2 aromatic rings. The molecule has 1 aliphatic carbocycles. The van der Waals surface area contributed by atoms with Crippen LogP contribution in [-0.4, -0.2) is 26.1 Å². The Hall–Kier alpha value is -2.49. The number of carbonyl (C=O) groups excluding carboxylic acids is 1. The first-order chi connectivity index (χ1) is 11.2. The molecule has 1 amide bonds. The van der Waals surface area contributed by atoms with Crippen LogP contribution in [0, 0.1) is 0 Å². The van der Waals surface area contributed by atoms with Crippen LogP contribution >= 0.6 is 0 Å². The van der Waals surface area contributed by atoms with E-state index in [-0.39, 0.29) is 17.9 Å². The second-order valence-electron chi connectivity index (χ2n) is 5.98. The largest absolute Gasteiger partial charge is 0.495 e. The first-order valence-corrected chi connectivity index (χ1v) is 7.93. The SMILES string of the molecule is COc1ccccc1NCC(=O)NCC1(c2ccccc2)CC1. The summed E-state index contributed by atoms with van der Waals surface area (Å²) in [6.45, 7) is 0.939. The number of amides is 1. The molecule has 0 unspecified atom stereocenters. The molecular weight excluding hydrogens is 288 g/mol. The maximum absolute atomic E-state index is 12.1. The Bertz CT molecular complexity index is 666. The lowest BCUT2D eigenvalue weighted by Gasteiger charge is -2.17. The molecule has 120 valence electrons. The minimum atomic E-state index is -0.00175. The Morgan fingerprint density at radius 2 is 1.78 bits per heavy atom. The number of ether oxygens (including phenoxy) is 1. The van der Waals surface area contributed by atoms with Crippen molar-refractivity contribution in [3.63, 3.8) is 0 Å². The summed E-state index contributed by atoms with van der Waals surface area (Å²) in [5.74, 6) is 0.737.